The molecule has 0 saturated carbocycles. The largest absolute Gasteiger partial charge is 0.303 e. The molecule has 0 aliphatic carbocycles. The van der Waals surface area contributed by atoms with Crippen molar-refractivity contribution in [1.29, 1.82) is 0 Å². The molecule has 1 aliphatic heterocycles. The monoisotopic (exact) mass is 230 g/mol. The zero-order valence-electron chi connectivity index (χ0n) is 10.9. The van der Waals surface area contributed by atoms with E-state index < -0.39 is 0 Å². The highest BCUT2D eigenvalue weighted by Gasteiger charge is 2.12. The second-order valence-electron chi connectivity index (χ2n) is 4.80. The Morgan fingerprint density at radius 3 is 2.35 bits per heavy atom. The van der Waals surface area contributed by atoms with Crippen LogP contribution in [-0.2, 0) is 6.54 Å². The first-order valence-electron chi connectivity index (χ1n) is 6.58. The summed E-state index contributed by atoms with van der Waals surface area (Å²) in [6, 6.07) is 8.69. The lowest BCUT2D eigenvalue weighted by atomic mass is 10.1. The summed E-state index contributed by atoms with van der Waals surface area (Å²) in [5.74, 6) is 0. The minimum Gasteiger partial charge on any atom is -0.303 e. The number of likely N-dealkylation sites (tertiary alicyclic amines) is 1. The fourth-order valence-electron chi connectivity index (χ4n) is 2.18. The van der Waals surface area contributed by atoms with Crippen molar-refractivity contribution in [1.82, 2.24) is 4.90 Å². The summed E-state index contributed by atoms with van der Waals surface area (Å²) in [6.07, 6.45) is 2.30. The number of aliphatic imine (C=N–C) groups is 1. The number of rotatable bonds is 3. The van der Waals surface area contributed by atoms with E-state index in [1.54, 1.807) is 0 Å². The van der Waals surface area contributed by atoms with Crippen LogP contribution in [0.15, 0.2) is 29.3 Å². The molecular formula is C15H22N2. The van der Waals surface area contributed by atoms with Gasteiger partial charge in [0.2, 0.25) is 0 Å². The quantitative estimate of drug-likeness (QED) is 0.779. The van der Waals surface area contributed by atoms with Gasteiger partial charge >= 0.3 is 0 Å². The Labute approximate surface area is 104 Å². The molecule has 1 aromatic rings. The third-order valence-corrected chi connectivity index (χ3v) is 3.49. The van der Waals surface area contributed by atoms with Gasteiger partial charge in [0.15, 0.2) is 0 Å². The molecule has 1 fully saturated rings. The average Bonchev–Trinajstić information content (AvgIpc) is 2.39. The molecule has 0 amide bonds. The van der Waals surface area contributed by atoms with Gasteiger partial charge in [-0.1, -0.05) is 36.8 Å². The van der Waals surface area contributed by atoms with E-state index in [0.29, 0.717) is 0 Å². The lowest BCUT2D eigenvalue weighted by molar-refractivity contribution is 0.289. The third-order valence-electron chi connectivity index (χ3n) is 3.49. The molecule has 2 heteroatoms. The number of hydrogen-bond donors (Lipinski definition) is 0. The molecule has 2 rings (SSSR count). The van der Waals surface area contributed by atoms with Gasteiger partial charge in [0.25, 0.3) is 0 Å². The number of hydrogen-bond acceptors (Lipinski definition) is 2. The first-order chi connectivity index (χ1) is 8.28. The molecule has 2 nitrogen and oxygen atoms in total. The Balaban J connectivity index is 1.87. The van der Waals surface area contributed by atoms with Gasteiger partial charge in [-0.25, -0.2) is 0 Å². The smallest absolute Gasteiger partial charge is 0.0639 e. The molecule has 0 bridgehead atoms. The maximum atomic E-state index is 4.74. The highest BCUT2D eigenvalue weighted by atomic mass is 15.1. The molecule has 1 heterocycles. The Morgan fingerprint density at radius 1 is 1.12 bits per heavy atom. The van der Waals surface area contributed by atoms with E-state index in [1.807, 2.05) is 0 Å². The summed E-state index contributed by atoms with van der Waals surface area (Å²) in [7, 11) is 0. The molecule has 0 radical (unpaired) electrons. The second kappa shape index (κ2) is 5.97. The van der Waals surface area contributed by atoms with Gasteiger partial charge in [0.1, 0.15) is 0 Å². The van der Waals surface area contributed by atoms with Gasteiger partial charge in [-0.3, -0.25) is 4.99 Å². The SMILES string of the molecule is CCN1CCC(=NCc2ccc(C)cc2)CC1. The van der Waals surface area contributed by atoms with Crippen LogP contribution in [0, 0.1) is 6.92 Å². The van der Waals surface area contributed by atoms with Gasteiger partial charge in [0.05, 0.1) is 6.54 Å². The standard InChI is InChI=1S/C15H22N2/c1-3-17-10-8-15(9-11-17)16-12-14-6-4-13(2)5-7-14/h4-7H,3,8-12H2,1-2H3. The molecular weight excluding hydrogens is 208 g/mol. The van der Waals surface area contributed by atoms with Crippen molar-refractivity contribution in [3.05, 3.63) is 35.4 Å². The molecule has 0 atom stereocenters. The molecule has 0 aromatic heterocycles. The molecule has 0 spiro atoms. The summed E-state index contributed by atoms with van der Waals surface area (Å²) in [6.45, 7) is 8.74. The van der Waals surface area contributed by atoms with Crippen LogP contribution in [0.4, 0.5) is 0 Å². The van der Waals surface area contributed by atoms with Gasteiger partial charge in [0, 0.05) is 18.8 Å². The highest BCUT2D eigenvalue weighted by Crippen LogP contribution is 2.10. The van der Waals surface area contributed by atoms with Crippen molar-refractivity contribution in [2.75, 3.05) is 19.6 Å². The maximum absolute atomic E-state index is 4.74. The van der Waals surface area contributed by atoms with Crippen LogP contribution < -0.4 is 0 Å². The van der Waals surface area contributed by atoms with Gasteiger partial charge in [-0.2, -0.15) is 0 Å². The molecule has 1 aromatic carbocycles. The molecule has 0 N–H and O–H groups in total. The average molecular weight is 230 g/mol. The minimum atomic E-state index is 0.849. The van der Waals surface area contributed by atoms with Gasteiger partial charge < -0.3 is 4.90 Å². The van der Waals surface area contributed by atoms with E-state index in [-0.39, 0.29) is 0 Å². The van der Waals surface area contributed by atoms with Crippen LogP contribution in [0.1, 0.15) is 30.9 Å². The summed E-state index contributed by atoms with van der Waals surface area (Å²) < 4.78 is 0. The lowest BCUT2D eigenvalue weighted by Crippen LogP contribution is -2.33. The van der Waals surface area contributed by atoms with Crippen LogP contribution >= 0.6 is 0 Å². The summed E-state index contributed by atoms with van der Waals surface area (Å²) in [5.41, 5.74) is 4.04. The Kier molecular flexibility index (Phi) is 4.32. The molecule has 1 saturated heterocycles. The van der Waals surface area contributed by atoms with E-state index in [2.05, 4.69) is 43.0 Å². The number of piperidine rings is 1. The predicted molar refractivity (Wildman–Crippen MR) is 73.7 cm³/mol. The van der Waals surface area contributed by atoms with Crippen LogP contribution in [0.25, 0.3) is 0 Å². The van der Waals surface area contributed by atoms with Crippen LogP contribution in [0.5, 0.6) is 0 Å². The summed E-state index contributed by atoms with van der Waals surface area (Å²) >= 11 is 0. The number of benzene rings is 1. The van der Waals surface area contributed by atoms with Crippen molar-refractivity contribution >= 4 is 5.71 Å². The van der Waals surface area contributed by atoms with E-state index in [1.165, 1.54) is 36.5 Å². The zero-order chi connectivity index (χ0) is 12.1. The van der Waals surface area contributed by atoms with Crippen molar-refractivity contribution in [2.45, 2.75) is 33.2 Å². The van der Waals surface area contributed by atoms with E-state index in [9.17, 15) is 0 Å². The summed E-state index contributed by atoms with van der Waals surface area (Å²) in [5, 5.41) is 0. The molecule has 92 valence electrons. The first kappa shape index (κ1) is 12.3. The molecule has 17 heavy (non-hydrogen) atoms. The fraction of sp³-hybridized carbons (Fsp3) is 0.533. The Morgan fingerprint density at radius 2 is 1.76 bits per heavy atom. The van der Waals surface area contributed by atoms with E-state index in [4.69, 9.17) is 4.99 Å². The molecule has 0 unspecified atom stereocenters. The fourth-order valence-corrected chi connectivity index (χ4v) is 2.18. The summed E-state index contributed by atoms with van der Waals surface area (Å²) in [4.78, 5) is 7.23. The minimum absolute atomic E-state index is 0.849. The normalized spacial score (nSPS) is 17.2. The van der Waals surface area contributed by atoms with Crippen molar-refractivity contribution in [3.8, 4) is 0 Å². The zero-order valence-corrected chi connectivity index (χ0v) is 10.9. The van der Waals surface area contributed by atoms with E-state index in [0.717, 1.165) is 19.4 Å². The Bertz CT molecular complexity index is 368. The third kappa shape index (κ3) is 3.67. The van der Waals surface area contributed by atoms with Crippen LogP contribution in [0.3, 0.4) is 0 Å². The molecule has 1 aliphatic rings. The topological polar surface area (TPSA) is 15.6 Å². The van der Waals surface area contributed by atoms with Gasteiger partial charge in [-0.15, -0.1) is 0 Å². The maximum Gasteiger partial charge on any atom is 0.0639 e. The van der Waals surface area contributed by atoms with Crippen LogP contribution in [-0.4, -0.2) is 30.2 Å². The number of aryl methyl sites for hydroxylation is 1. The van der Waals surface area contributed by atoms with Gasteiger partial charge in [-0.05, 0) is 31.9 Å². The van der Waals surface area contributed by atoms with Crippen molar-refractivity contribution < 1.29 is 0 Å². The second-order valence-corrected chi connectivity index (χ2v) is 4.80. The first-order valence-corrected chi connectivity index (χ1v) is 6.58. The predicted octanol–water partition coefficient (Wildman–Crippen LogP) is 3.05. The highest BCUT2D eigenvalue weighted by molar-refractivity contribution is 5.85. The van der Waals surface area contributed by atoms with Crippen molar-refractivity contribution in [3.63, 3.8) is 0 Å². The Hall–Kier alpha value is -1.15. The van der Waals surface area contributed by atoms with Crippen molar-refractivity contribution in [2.24, 2.45) is 4.99 Å². The van der Waals surface area contributed by atoms with Crippen LogP contribution in [0.2, 0.25) is 0 Å². The lowest BCUT2D eigenvalue weighted by Gasteiger charge is -2.26. The number of nitrogens with zero attached hydrogens (tertiary/aromatic N) is 2. The van der Waals surface area contributed by atoms with E-state index >= 15 is 0 Å².